The molecule has 0 fully saturated rings. The summed E-state index contributed by atoms with van der Waals surface area (Å²) in [6.07, 6.45) is 6.55. The van der Waals surface area contributed by atoms with Gasteiger partial charge in [-0.05, 0) is 53.9 Å². The van der Waals surface area contributed by atoms with Crippen LogP contribution in [0.4, 0.5) is 0 Å². The van der Waals surface area contributed by atoms with Crippen molar-refractivity contribution in [1.82, 2.24) is 0 Å². The first-order valence-electron chi connectivity index (χ1n) is 8.60. The Balaban J connectivity index is 1.64. The van der Waals surface area contributed by atoms with Crippen LogP contribution in [0.25, 0.3) is 0 Å². The average Bonchev–Trinajstić information content (AvgIpc) is 2.57. The van der Waals surface area contributed by atoms with Gasteiger partial charge in [0.05, 0.1) is 13.2 Å². The van der Waals surface area contributed by atoms with Crippen molar-refractivity contribution >= 4 is 0 Å². The number of ether oxygens (including phenoxy) is 1. The SMILES string of the molecule is CCCC1CCCc2ccc(COCc3ccccc3)cc21. The van der Waals surface area contributed by atoms with Gasteiger partial charge in [0.1, 0.15) is 0 Å². The largest absolute Gasteiger partial charge is 0.372 e. The Morgan fingerprint density at radius 2 is 1.82 bits per heavy atom. The van der Waals surface area contributed by atoms with Crippen LogP contribution in [0.3, 0.4) is 0 Å². The molecule has 0 radical (unpaired) electrons. The molecule has 0 aromatic heterocycles. The average molecular weight is 294 g/mol. The molecule has 0 saturated heterocycles. The van der Waals surface area contributed by atoms with Crippen molar-refractivity contribution in [2.24, 2.45) is 0 Å². The zero-order valence-electron chi connectivity index (χ0n) is 13.6. The van der Waals surface area contributed by atoms with Crippen molar-refractivity contribution in [2.75, 3.05) is 0 Å². The summed E-state index contributed by atoms with van der Waals surface area (Å²) in [5, 5.41) is 0. The molecule has 2 aromatic rings. The molecule has 0 bridgehead atoms. The summed E-state index contributed by atoms with van der Waals surface area (Å²) >= 11 is 0. The highest BCUT2D eigenvalue weighted by Gasteiger charge is 2.19. The van der Waals surface area contributed by atoms with Gasteiger partial charge in [0.2, 0.25) is 0 Å². The van der Waals surface area contributed by atoms with E-state index in [1.165, 1.54) is 43.2 Å². The highest BCUT2D eigenvalue weighted by molar-refractivity contribution is 5.36. The van der Waals surface area contributed by atoms with Crippen LogP contribution in [0.2, 0.25) is 0 Å². The lowest BCUT2D eigenvalue weighted by molar-refractivity contribution is 0.107. The maximum Gasteiger partial charge on any atom is 0.0721 e. The lowest BCUT2D eigenvalue weighted by Crippen LogP contribution is -2.10. The number of rotatable bonds is 6. The second-order valence-corrected chi connectivity index (χ2v) is 6.39. The monoisotopic (exact) mass is 294 g/mol. The Morgan fingerprint density at radius 3 is 2.64 bits per heavy atom. The molecule has 0 aliphatic heterocycles. The van der Waals surface area contributed by atoms with E-state index in [9.17, 15) is 0 Å². The van der Waals surface area contributed by atoms with Crippen molar-refractivity contribution in [3.05, 3.63) is 70.8 Å². The van der Waals surface area contributed by atoms with Gasteiger partial charge in [-0.25, -0.2) is 0 Å². The molecule has 0 saturated carbocycles. The first kappa shape index (κ1) is 15.3. The van der Waals surface area contributed by atoms with Crippen molar-refractivity contribution in [3.8, 4) is 0 Å². The minimum absolute atomic E-state index is 0.691. The van der Waals surface area contributed by atoms with Gasteiger partial charge in [-0.15, -0.1) is 0 Å². The third kappa shape index (κ3) is 3.78. The summed E-state index contributed by atoms with van der Waals surface area (Å²) in [5.74, 6) is 0.767. The van der Waals surface area contributed by atoms with Gasteiger partial charge in [-0.3, -0.25) is 0 Å². The van der Waals surface area contributed by atoms with Crippen LogP contribution in [-0.2, 0) is 24.4 Å². The van der Waals surface area contributed by atoms with Gasteiger partial charge in [0.25, 0.3) is 0 Å². The first-order valence-corrected chi connectivity index (χ1v) is 8.60. The van der Waals surface area contributed by atoms with Crippen LogP contribution in [-0.4, -0.2) is 0 Å². The molecule has 0 amide bonds. The Kier molecular flexibility index (Phi) is 5.29. The maximum atomic E-state index is 5.89. The summed E-state index contributed by atoms with van der Waals surface area (Å²) in [5.41, 5.74) is 5.72. The molecule has 1 aliphatic carbocycles. The number of hydrogen-bond donors (Lipinski definition) is 0. The van der Waals surface area contributed by atoms with E-state index < -0.39 is 0 Å². The highest BCUT2D eigenvalue weighted by atomic mass is 16.5. The van der Waals surface area contributed by atoms with Gasteiger partial charge >= 0.3 is 0 Å². The van der Waals surface area contributed by atoms with Crippen molar-refractivity contribution in [2.45, 2.75) is 58.2 Å². The quantitative estimate of drug-likeness (QED) is 0.671. The topological polar surface area (TPSA) is 9.23 Å². The standard InChI is InChI=1S/C21H26O/c1-2-7-19-10-6-11-20-13-12-18(14-21(19)20)16-22-15-17-8-4-3-5-9-17/h3-5,8-9,12-14,19H,2,6-7,10-11,15-16H2,1H3. The molecule has 0 heterocycles. The summed E-state index contributed by atoms with van der Waals surface area (Å²) in [6.45, 7) is 3.69. The van der Waals surface area contributed by atoms with Crippen LogP contribution in [0.1, 0.15) is 60.8 Å². The molecule has 1 unspecified atom stereocenters. The van der Waals surface area contributed by atoms with Crippen LogP contribution < -0.4 is 0 Å². The molecule has 116 valence electrons. The molecule has 2 aromatic carbocycles. The third-order valence-corrected chi connectivity index (χ3v) is 4.67. The minimum Gasteiger partial charge on any atom is -0.372 e. The van der Waals surface area contributed by atoms with Crippen LogP contribution in [0.5, 0.6) is 0 Å². The number of aryl methyl sites for hydroxylation is 1. The fraction of sp³-hybridized carbons (Fsp3) is 0.429. The summed E-state index contributed by atoms with van der Waals surface area (Å²) in [4.78, 5) is 0. The normalized spacial score (nSPS) is 17.2. The fourth-order valence-electron chi connectivity index (χ4n) is 3.55. The lowest BCUT2D eigenvalue weighted by atomic mass is 9.80. The summed E-state index contributed by atoms with van der Waals surface area (Å²) in [7, 11) is 0. The van der Waals surface area contributed by atoms with Crippen LogP contribution in [0.15, 0.2) is 48.5 Å². The van der Waals surface area contributed by atoms with E-state index in [0.717, 1.165) is 5.92 Å². The Hall–Kier alpha value is -1.60. The predicted molar refractivity (Wildman–Crippen MR) is 92.0 cm³/mol. The molecule has 1 atom stereocenters. The zero-order valence-corrected chi connectivity index (χ0v) is 13.6. The van der Waals surface area contributed by atoms with Gasteiger partial charge in [0.15, 0.2) is 0 Å². The van der Waals surface area contributed by atoms with E-state index in [2.05, 4.69) is 49.4 Å². The highest BCUT2D eigenvalue weighted by Crippen LogP contribution is 2.35. The Labute approximate surface area is 134 Å². The van der Waals surface area contributed by atoms with E-state index >= 15 is 0 Å². The number of fused-ring (bicyclic) bond motifs is 1. The number of benzene rings is 2. The molecule has 0 spiro atoms. The van der Waals surface area contributed by atoms with E-state index in [4.69, 9.17) is 4.74 Å². The number of hydrogen-bond acceptors (Lipinski definition) is 1. The molecular weight excluding hydrogens is 268 g/mol. The van der Waals surface area contributed by atoms with Crippen LogP contribution in [0, 0.1) is 0 Å². The second-order valence-electron chi connectivity index (χ2n) is 6.39. The van der Waals surface area contributed by atoms with Crippen LogP contribution >= 0.6 is 0 Å². The molecule has 22 heavy (non-hydrogen) atoms. The molecule has 0 N–H and O–H groups in total. The molecule has 3 rings (SSSR count). The summed E-state index contributed by atoms with van der Waals surface area (Å²) < 4.78 is 5.89. The van der Waals surface area contributed by atoms with E-state index in [-0.39, 0.29) is 0 Å². The minimum atomic E-state index is 0.691. The van der Waals surface area contributed by atoms with Crippen molar-refractivity contribution in [1.29, 1.82) is 0 Å². The summed E-state index contributed by atoms with van der Waals surface area (Å²) in [6, 6.07) is 17.4. The second kappa shape index (κ2) is 7.60. The first-order chi connectivity index (χ1) is 10.9. The molecule has 1 nitrogen and oxygen atoms in total. The molecule has 1 aliphatic rings. The van der Waals surface area contributed by atoms with Gasteiger partial charge in [-0.1, -0.05) is 61.9 Å². The predicted octanol–water partition coefficient (Wildman–Crippen LogP) is 5.62. The van der Waals surface area contributed by atoms with Gasteiger partial charge in [0, 0.05) is 0 Å². The van der Waals surface area contributed by atoms with Gasteiger partial charge < -0.3 is 4.74 Å². The van der Waals surface area contributed by atoms with E-state index in [1.54, 1.807) is 11.1 Å². The fourth-order valence-corrected chi connectivity index (χ4v) is 3.55. The van der Waals surface area contributed by atoms with E-state index in [1.807, 2.05) is 6.07 Å². The maximum absolute atomic E-state index is 5.89. The lowest BCUT2D eigenvalue weighted by Gasteiger charge is -2.26. The Morgan fingerprint density at radius 1 is 1.00 bits per heavy atom. The van der Waals surface area contributed by atoms with Crippen molar-refractivity contribution in [3.63, 3.8) is 0 Å². The molecular formula is C21H26O. The molecule has 1 heteroatoms. The zero-order chi connectivity index (χ0) is 15.2. The van der Waals surface area contributed by atoms with E-state index in [0.29, 0.717) is 13.2 Å². The third-order valence-electron chi connectivity index (χ3n) is 4.67. The smallest absolute Gasteiger partial charge is 0.0721 e. The van der Waals surface area contributed by atoms with Gasteiger partial charge in [-0.2, -0.15) is 0 Å². The van der Waals surface area contributed by atoms with Crippen molar-refractivity contribution < 1.29 is 4.74 Å². The Bertz CT molecular complexity index is 588.